The van der Waals surface area contributed by atoms with Gasteiger partial charge in [-0.25, -0.2) is 9.67 Å². The molecule has 3 aromatic rings. The predicted octanol–water partition coefficient (Wildman–Crippen LogP) is 1.75. The number of anilines is 1. The monoisotopic (exact) mass is 419 g/mol. The van der Waals surface area contributed by atoms with Crippen molar-refractivity contribution in [2.45, 2.75) is 25.3 Å². The molecule has 128 valence electrons. The number of fused-ring (bicyclic) bond motifs is 1. The molecule has 0 spiro atoms. The molecule has 4 rings (SSSR count). The first-order chi connectivity index (χ1) is 12.1. The van der Waals surface area contributed by atoms with E-state index in [1.54, 1.807) is 29.2 Å². The third-order valence-corrected chi connectivity index (χ3v) is 5.32. The number of nitrogen functional groups attached to an aromatic ring is 1. The summed E-state index contributed by atoms with van der Waals surface area (Å²) in [5.41, 5.74) is 7.09. The van der Waals surface area contributed by atoms with Crippen molar-refractivity contribution in [1.29, 1.82) is 0 Å². The van der Waals surface area contributed by atoms with Gasteiger partial charge < -0.3 is 11.1 Å². The lowest BCUT2D eigenvalue weighted by molar-refractivity contribution is 0.0927. The Morgan fingerprint density at radius 1 is 1.40 bits per heavy atom. The number of carbonyl (C=O) groups is 1. The van der Waals surface area contributed by atoms with Crippen molar-refractivity contribution >= 4 is 38.3 Å². The first kappa shape index (κ1) is 16.2. The molecule has 3 aromatic heterocycles. The maximum absolute atomic E-state index is 12.4. The third-order valence-electron chi connectivity index (χ3n) is 3.96. The van der Waals surface area contributed by atoms with Gasteiger partial charge >= 0.3 is 0 Å². The van der Waals surface area contributed by atoms with Crippen LogP contribution in [0.15, 0.2) is 29.0 Å². The average molecular weight is 420 g/mol. The zero-order valence-electron chi connectivity index (χ0n) is 13.0. The van der Waals surface area contributed by atoms with Gasteiger partial charge in [0.2, 0.25) is 0 Å². The maximum Gasteiger partial charge on any atom is 0.272 e. The summed E-state index contributed by atoms with van der Waals surface area (Å²) in [6.45, 7) is 0. The Morgan fingerprint density at radius 2 is 2.28 bits per heavy atom. The fraction of sp³-hybridized carbons (Fsp3) is 0.267. The summed E-state index contributed by atoms with van der Waals surface area (Å²) in [6, 6.07) is 3.42. The van der Waals surface area contributed by atoms with Crippen molar-refractivity contribution in [2.24, 2.45) is 0 Å². The van der Waals surface area contributed by atoms with Gasteiger partial charge in [-0.1, -0.05) is 0 Å². The van der Waals surface area contributed by atoms with Gasteiger partial charge in [0.15, 0.2) is 16.6 Å². The van der Waals surface area contributed by atoms with Crippen LogP contribution in [-0.2, 0) is 12.8 Å². The van der Waals surface area contributed by atoms with Gasteiger partial charge in [0, 0.05) is 23.5 Å². The number of halogens is 1. The molecule has 0 saturated carbocycles. The maximum atomic E-state index is 12.4. The Balaban J connectivity index is 1.43. The molecule has 0 fully saturated rings. The van der Waals surface area contributed by atoms with E-state index in [1.807, 2.05) is 0 Å². The number of hydrogen-bond acceptors (Lipinski definition) is 7. The molecule has 1 aliphatic carbocycles. The highest BCUT2D eigenvalue weighted by atomic mass is 79.9. The van der Waals surface area contributed by atoms with Crippen molar-refractivity contribution in [3.8, 4) is 5.82 Å². The van der Waals surface area contributed by atoms with Gasteiger partial charge in [-0.3, -0.25) is 4.79 Å². The lowest BCUT2D eigenvalue weighted by atomic mass is 9.97. The van der Waals surface area contributed by atoms with E-state index in [4.69, 9.17) is 5.73 Å². The van der Waals surface area contributed by atoms with Crippen LogP contribution in [0, 0.1) is 0 Å². The highest BCUT2D eigenvalue weighted by molar-refractivity contribution is 9.10. The fourth-order valence-corrected chi connectivity index (χ4v) is 4.02. The summed E-state index contributed by atoms with van der Waals surface area (Å²) in [5, 5.41) is 15.8. The van der Waals surface area contributed by atoms with E-state index >= 15 is 0 Å². The van der Waals surface area contributed by atoms with Crippen LogP contribution >= 0.6 is 27.3 Å². The van der Waals surface area contributed by atoms with Gasteiger partial charge in [-0.15, -0.1) is 21.5 Å². The molecule has 0 aliphatic heterocycles. The Hall–Kier alpha value is -2.33. The molecule has 3 heterocycles. The zero-order chi connectivity index (χ0) is 17.4. The summed E-state index contributed by atoms with van der Waals surface area (Å²) in [4.78, 5) is 17.9. The normalized spacial score (nSPS) is 16.4. The van der Waals surface area contributed by atoms with Gasteiger partial charge in [-0.2, -0.15) is 5.10 Å². The van der Waals surface area contributed by atoms with E-state index in [1.165, 1.54) is 11.3 Å². The number of nitrogens with zero attached hydrogens (tertiary/aromatic N) is 5. The number of thiazole rings is 1. The molecule has 8 nitrogen and oxygen atoms in total. The SMILES string of the molecule is Nc1nc2c(s1)C[C@@H](NC(=O)c1ccc(-n3cc(Br)cn3)nn1)CC2. The number of rotatable bonds is 3. The summed E-state index contributed by atoms with van der Waals surface area (Å²) < 4.78 is 2.42. The van der Waals surface area contributed by atoms with E-state index < -0.39 is 0 Å². The van der Waals surface area contributed by atoms with Crippen LogP contribution in [0.2, 0.25) is 0 Å². The van der Waals surface area contributed by atoms with Crippen LogP contribution in [0.4, 0.5) is 5.13 Å². The largest absolute Gasteiger partial charge is 0.375 e. The molecule has 3 N–H and O–H groups in total. The van der Waals surface area contributed by atoms with Crippen LogP contribution in [-0.4, -0.2) is 36.9 Å². The third kappa shape index (κ3) is 3.40. The first-order valence-corrected chi connectivity index (χ1v) is 9.28. The number of carbonyl (C=O) groups excluding carboxylic acids is 1. The fourth-order valence-electron chi connectivity index (χ4n) is 2.77. The second-order valence-corrected chi connectivity index (χ2v) is 7.75. The zero-order valence-corrected chi connectivity index (χ0v) is 15.4. The Kier molecular flexibility index (Phi) is 4.22. The number of nitrogens with one attached hydrogen (secondary N) is 1. The summed E-state index contributed by atoms with van der Waals surface area (Å²) in [7, 11) is 0. The molecular formula is C15H14BrN7OS. The van der Waals surface area contributed by atoms with Gasteiger partial charge in [0.25, 0.3) is 5.91 Å². The average Bonchev–Trinajstić information content (AvgIpc) is 3.19. The highest BCUT2D eigenvalue weighted by Crippen LogP contribution is 2.28. The lowest BCUT2D eigenvalue weighted by Crippen LogP contribution is -2.39. The lowest BCUT2D eigenvalue weighted by Gasteiger charge is -2.22. The summed E-state index contributed by atoms with van der Waals surface area (Å²) in [6.07, 6.45) is 5.85. The van der Waals surface area contributed by atoms with Crippen molar-refractivity contribution in [3.63, 3.8) is 0 Å². The van der Waals surface area contributed by atoms with Gasteiger partial charge in [0.05, 0.1) is 16.4 Å². The van der Waals surface area contributed by atoms with E-state index in [2.05, 4.69) is 41.5 Å². The Morgan fingerprint density at radius 3 is 3.00 bits per heavy atom. The molecular weight excluding hydrogens is 406 g/mol. The molecule has 0 radical (unpaired) electrons. The number of nitrogens with two attached hydrogens (primary N) is 1. The molecule has 0 aromatic carbocycles. The van der Waals surface area contributed by atoms with Crippen molar-refractivity contribution in [2.75, 3.05) is 5.73 Å². The number of aryl methyl sites for hydroxylation is 1. The second-order valence-electron chi connectivity index (χ2n) is 5.72. The van der Waals surface area contributed by atoms with E-state index in [0.717, 1.165) is 34.3 Å². The van der Waals surface area contributed by atoms with Gasteiger partial charge in [-0.05, 0) is 40.9 Å². The minimum Gasteiger partial charge on any atom is -0.375 e. The van der Waals surface area contributed by atoms with Gasteiger partial charge in [0.1, 0.15) is 0 Å². The number of aromatic nitrogens is 5. The van der Waals surface area contributed by atoms with Crippen LogP contribution in [0.1, 0.15) is 27.5 Å². The topological polar surface area (TPSA) is 112 Å². The summed E-state index contributed by atoms with van der Waals surface area (Å²) in [5.74, 6) is 0.316. The smallest absolute Gasteiger partial charge is 0.272 e. The standard InChI is InChI=1S/C15H14BrN7OS/c16-8-6-18-23(7-8)13-4-3-11(21-22-13)14(24)19-9-1-2-10-12(5-9)25-15(17)20-10/h3-4,6-7,9H,1-2,5H2,(H2,17,20)(H,19,24)/t9-/m0/s1. The molecule has 1 aliphatic rings. The molecule has 0 saturated heterocycles. The molecule has 0 bridgehead atoms. The van der Waals surface area contributed by atoms with Crippen LogP contribution in [0.25, 0.3) is 5.82 Å². The molecule has 0 unspecified atom stereocenters. The van der Waals surface area contributed by atoms with Crippen LogP contribution < -0.4 is 11.1 Å². The molecule has 1 amide bonds. The first-order valence-electron chi connectivity index (χ1n) is 7.67. The predicted molar refractivity (Wildman–Crippen MR) is 96.7 cm³/mol. The van der Waals surface area contributed by atoms with Crippen LogP contribution in [0.3, 0.4) is 0 Å². The van der Waals surface area contributed by atoms with Crippen LogP contribution in [0.5, 0.6) is 0 Å². The molecule has 1 atom stereocenters. The van der Waals surface area contributed by atoms with E-state index in [9.17, 15) is 4.79 Å². The minimum atomic E-state index is -0.230. The number of hydrogen-bond donors (Lipinski definition) is 2. The summed E-state index contributed by atoms with van der Waals surface area (Å²) >= 11 is 4.82. The van der Waals surface area contributed by atoms with Crippen molar-refractivity contribution in [1.82, 2.24) is 30.3 Å². The number of amides is 1. The van der Waals surface area contributed by atoms with Crippen molar-refractivity contribution < 1.29 is 4.79 Å². The second kappa shape index (κ2) is 6.52. The quantitative estimate of drug-likeness (QED) is 0.668. The highest BCUT2D eigenvalue weighted by Gasteiger charge is 2.24. The molecule has 10 heteroatoms. The van der Waals surface area contributed by atoms with E-state index in [-0.39, 0.29) is 17.6 Å². The van der Waals surface area contributed by atoms with Crippen molar-refractivity contribution in [3.05, 3.63) is 45.3 Å². The molecule has 25 heavy (non-hydrogen) atoms. The van der Waals surface area contributed by atoms with E-state index in [0.29, 0.717) is 10.9 Å². The Bertz CT molecular complexity index is 920. The Labute approximate surface area is 155 Å². The minimum absolute atomic E-state index is 0.0587.